The first-order chi connectivity index (χ1) is 6.61. The van der Waals surface area contributed by atoms with E-state index in [1.807, 2.05) is 6.07 Å². The van der Waals surface area contributed by atoms with Crippen molar-refractivity contribution < 1.29 is 9.22 Å². The van der Waals surface area contributed by atoms with Crippen molar-refractivity contribution in [2.24, 2.45) is 0 Å². The second-order valence-corrected chi connectivity index (χ2v) is 4.09. The van der Waals surface area contributed by atoms with Gasteiger partial charge in [-0.15, -0.1) is 0 Å². The van der Waals surface area contributed by atoms with Crippen LogP contribution in [0.1, 0.15) is 18.7 Å². The molecule has 0 aliphatic carbocycles. The van der Waals surface area contributed by atoms with E-state index in [-0.39, 0.29) is 6.23 Å². The van der Waals surface area contributed by atoms with Gasteiger partial charge in [0.05, 0.1) is 20.6 Å². The zero-order valence-electron chi connectivity index (χ0n) is 9.53. The lowest BCUT2D eigenvalue weighted by atomic mass is 10.1. The van der Waals surface area contributed by atoms with Crippen molar-refractivity contribution in [2.45, 2.75) is 13.2 Å². The van der Waals surface area contributed by atoms with Crippen molar-refractivity contribution in [1.82, 2.24) is 0 Å². The van der Waals surface area contributed by atoms with Gasteiger partial charge < -0.3 is 4.74 Å². The monoisotopic (exact) mass is 194 g/mol. The molecule has 1 aromatic rings. The summed E-state index contributed by atoms with van der Waals surface area (Å²) in [6.45, 7) is 3.22. The maximum absolute atomic E-state index is 5.56. The highest BCUT2D eigenvalue weighted by atomic mass is 16.5. The molecule has 0 aliphatic heterocycles. The number of hydrogen-bond acceptors (Lipinski definition) is 1. The van der Waals surface area contributed by atoms with E-state index in [1.165, 1.54) is 5.56 Å². The third-order valence-electron chi connectivity index (χ3n) is 2.76. The molecule has 0 N–H and O–H groups in total. The Kier molecular flexibility index (Phi) is 3.67. The van der Waals surface area contributed by atoms with E-state index in [0.717, 1.165) is 11.0 Å². The highest BCUT2D eigenvalue weighted by Gasteiger charge is 2.27. The van der Waals surface area contributed by atoms with Crippen molar-refractivity contribution in [3.05, 3.63) is 35.9 Å². The fourth-order valence-corrected chi connectivity index (χ4v) is 1.61. The second-order valence-electron chi connectivity index (χ2n) is 4.09. The molecule has 0 spiro atoms. The summed E-state index contributed by atoms with van der Waals surface area (Å²) in [6, 6.07) is 10.4. The predicted octanol–water partition coefficient (Wildman–Crippen LogP) is 2.43. The summed E-state index contributed by atoms with van der Waals surface area (Å²) in [5.74, 6) is 0. The molecule has 1 unspecified atom stereocenters. The zero-order chi connectivity index (χ0) is 10.6. The lowest BCUT2D eigenvalue weighted by Crippen LogP contribution is -2.43. The van der Waals surface area contributed by atoms with Crippen LogP contribution in [0.5, 0.6) is 0 Å². The van der Waals surface area contributed by atoms with Gasteiger partial charge >= 0.3 is 0 Å². The molecule has 1 rings (SSSR count). The van der Waals surface area contributed by atoms with E-state index in [0.29, 0.717) is 0 Å². The average Bonchev–Trinajstić information content (AvgIpc) is 2.20. The van der Waals surface area contributed by atoms with Crippen LogP contribution in [0.3, 0.4) is 0 Å². The Hall–Kier alpha value is -0.860. The Balaban J connectivity index is 2.93. The molecule has 14 heavy (non-hydrogen) atoms. The number of ether oxygens (including phenoxy) is 1. The Morgan fingerprint density at radius 1 is 1.21 bits per heavy atom. The van der Waals surface area contributed by atoms with Gasteiger partial charge in [-0.2, -0.15) is 0 Å². The third-order valence-corrected chi connectivity index (χ3v) is 2.76. The van der Waals surface area contributed by atoms with Gasteiger partial charge in [-0.3, -0.25) is 4.48 Å². The molecule has 0 fully saturated rings. The highest BCUT2D eigenvalue weighted by Crippen LogP contribution is 2.24. The summed E-state index contributed by atoms with van der Waals surface area (Å²) in [7, 11) is 6.13. The summed E-state index contributed by atoms with van der Waals surface area (Å²) in [6.07, 6.45) is 0.126. The number of rotatable bonds is 4. The fourth-order valence-electron chi connectivity index (χ4n) is 1.61. The minimum Gasteiger partial charge on any atom is -0.329 e. The smallest absolute Gasteiger partial charge is 0.219 e. The topological polar surface area (TPSA) is 9.23 Å². The van der Waals surface area contributed by atoms with Gasteiger partial charge in [0.15, 0.2) is 0 Å². The lowest BCUT2D eigenvalue weighted by Gasteiger charge is -2.35. The van der Waals surface area contributed by atoms with Gasteiger partial charge in [0.25, 0.3) is 0 Å². The Morgan fingerprint density at radius 3 is 2.21 bits per heavy atom. The Bertz CT molecular complexity index is 269. The minimum absolute atomic E-state index is 0.126. The zero-order valence-corrected chi connectivity index (χ0v) is 9.53. The second kappa shape index (κ2) is 4.58. The van der Waals surface area contributed by atoms with Gasteiger partial charge in [0.2, 0.25) is 6.23 Å². The van der Waals surface area contributed by atoms with Gasteiger partial charge in [-0.1, -0.05) is 30.3 Å². The minimum atomic E-state index is 0.126. The van der Waals surface area contributed by atoms with Crippen LogP contribution in [0.25, 0.3) is 0 Å². The van der Waals surface area contributed by atoms with Gasteiger partial charge in [0.1, 0.15) is 0 Å². The van der Waals surface area contributed by atoms with E-state index in [1.54, 1.807) is 7.11 Å². The van der Waals surface area contributed by atoms with Gasteiger partial charge in [-0.25, -0.2) is 0 Å². The molecule has 0 aromatic heterocycles. The van der Waals surface area contributed by atoms with E-state index in [2.05, 4.69) is 45.3 Å². The molecule has 2 nitrogen and oxygen atoms in total. The van der Waals surface area contributed by atoms with E-state index >= 15 is 0 Å². The number of hydrogen-bond donors (Lipinski definition) is 0. The van der Waals surface area contributed by atoms with Crippen molar-refractivity contribution in [3.63, 3.8) is 0 Å². The molecular formula is C12H20NO+. The normalized spacial score (nSPS) is 14.0. The quantitative estimate of drug-likeness (QED) is 0.528. The van der Waals surface area contributed by atoms with Crippen molar-refractivity contribution >= 4 is 0 Å². The van der Waals surface area contributed by atoms with Crippen LogP contribution in [-0.2, 0) is 4.74 Å². The lowest BCUT2D eigenvalue weighted by molar-refractivity contribution is -0.942. The Labute approximate surface area is 86.7 Å². The molecule has 0 heterocycles. The highest BCUT2D eigenvalue weighted by molar-refractivity contribution is 5.15. The van der Waals surface area contributed by atoms with Crippen LogP contribution < -0.4 is 0 Å². The molecule has 0 amide bonds. The number of quaternary nitrogens is 1. The van der Waals surface area contributed by atoms with Crippen LogP contribution >= 0.6 is 0 Å². The summed E-state index contributed by atoms with van der Waals surface area (Å²) in [5.41, 5.74) is 1.24. The van der Waals surface area contributed by atoms with Crippen molar-refractivity contribution in [1.29, 1.82) is 0 Å². The molecule has 0 saturated carbocycles. The maximum atomic E-state index is 5.56. The summed E-state index contributed by atoms with van der Waals surface area (Å²) >= 11 is 0. The van der Waals surface area contributed by atoms with E-state index in [4.69, 9.17) is 4.74 Å². The molecule has 1 atom stereocenters. The molecule has 1 aromatic carbocycles. The summed E-state index contributed by atoms with van der Waals surface area (Å²) < 4.78 is 6.41. The average molecular weight is 194 g/mol. The van der Waals surface area contributed by atoms with Crippen LogP contribution in [0.4, 0.5) is 0 Å². The Morgan fingerprint density at radius 2 is 1.79 bits per heavy atom. The largest absolute Gasteiger partial charge is 0.329 e. The number of methoxy groups -OCH3 is 1. The standard InChI is InChI=1S/C12H20NO/c1-5-13(2,3)12(14-4)11-9-7-6-8-10-11/h6-10,12H,5H2,1-4H3/q+1. The summed E-state index contributed by atoms with van der Waals surface area (Å²) in [5, 5.41) is 0. The molecule has 78 valence electrons. The first-order valence-corrected chi connectivity index (χ1v) is 5.02. The molecular weight excluding hydrogens is 174 g/mol. The summed E-state index contributed by atoms with van der Waals surface area (Å²) in [4.78, 5) is 0. The van der Waals surface area contributed by atoms with Crippen LogP contribution in [0.2, 0.25) is 0 Å². The van der Waals surface area contributed by atoms with Crippen LogP contribution in [-0.4, -0.2) is 32.2 Å². The number of benzene rings is 1. The molecule has 0 saturated heterocycles. The molecule has 0 aliphatic rings. The predicted molar refractivity (Wildman–Crippen MR) is 58.8 cm³/mol. The molecule has 2 heteroatoms. The first-order valence-electron chi connectivity index (χ1n) is 5.02. The van der Waals surface area contributed by atoms with E-state index in [9.17, 15) is 0 Å². The fraction of sp³-hybridized carbons (Fsp3) is 0.500. The first kappa shape index (κ1) is 11.2. The SMILES string of the molecule is CC[N+](C)(C)C(OC)c1ccccc1. The van der Waals surface area contributed by atoms with Crippen molar-refractivity contribution in [3.8, 4) is 0 Å². The number of nitrogens with zero attached hydrogens (tertiary/aromatic N) is 1. The van der Waals surface area contributed by atoms with Crippen LogP contribution in [0, 0.1) is 0 Å². The van der Waals surface area contributed by atoms with Crippen LogP contribution in [0.15, 0.2) is 30.3 Å². The molecule has 0 bridgehead atoms. The van der Waals surface area contributed by atoms with E-state index < -0.39 is 0 Å². The van der Waals surface area contributed by atoms with Gasteiger partial charge in [0, 0.05) is 12.7 Å². The third kappa shape index (κ3) is 2.34. The van der Waals surface area contributed by atoms with Gasteiger partial charge in [-0.05, 0) is 6.92 Å². The maximum Gasteiger partial charge on any atom is 0.219 e. The molecule has 0 radical (unpaired) electrons. The van der Waals surface area contributed by atoms with Crippen molar-refractivity contribution in [2.75, 3.05) is 27.7 Å².